The molecule has 0 radical (unpaired) electrons. The minimum atomic E-state index is -5.93. The second kappa shape index (κ2) is 10.4. The van der Waals surface area contributed by atoms with Crippen LogP contribution in [0.4, 0.5) is 37.7 Å². The number of rotatable bonds is 6. The highest BCUT2D eigenvalue weighted by molar-refractivity contribution is 6.32. The summed E-state index contributed by atoms with van der Waals surface area (Å²) in [6, 6.07) is 15.5. The number of alkyl halides is 6. The van der Waals surface area contributed by atoms with Crippen molar-refractivity contribution in [2.45, 2.75) is 17.8 Å². The molecule has 0 aromatic heterocycles. The molecule has 4 aromatic rings. The molecule has 4 nitrogen and oxygen atoms in total. The molecular weight excluding hydrogens is 569 g/mol. The summed E-state index contributed by atoms with van der Waals surface area (Å²) >= 11 is 12.2. The Balaban J connectivity index is 2.00. The van der Waals surface area contributed by atoms with Crippen LogP contribution in [0, 0.1) is 0 Å². The minimum absolute atomic E-state index is 0.115. The van der Waals surface area contributed by atoms with Crippen LogP contribution in [0.3, 0.4) is 0 Å². The van der Waals surface area contributed by atoms with Gasteiger partial charge in [0.2, 0.25) is 5.41 Å². The van der Waals surface area contributed by atoms with Gasteiger partial charge in [0.25, 0.3) is 0 Å². The first-order chi connectivity index (χ1) is 18.3. The number of benzene rings is 4. The maximum atomic E-state index is 15.0. The number of hydrogen-bond acceptors (Lipinski definition) is 4. The number of para-hydroxylation sites is 2. The van der Waals surface area contributed by atoms with Crippen LogP contribution in [0.2, 0.25) is 10.0 Å². The van der Waals surface area contributed by atoms with Crippen LogP contribution in [0.25, 0.3) is 0 Å². The lowest BCUT2D eigenvalue weighted by Crippen LogP contribution is -2.55. The quantitative estimate of drug-likeness (QED) is 0.174. The third kappa shape index (κ3) is 5.26. The number of anilines is 2. The van der Waals surface area contributed by atoms with E-state index in [-0.39, 0.29) is 32.9 Å². The maximum absolute atomic E-state index is 15.0. The van der Waals surface area contributed by atoms with Gasteiger partial charge in [-0.15, -0.1) is 0 Å². The Kier molecular flexibility index (Phi) is 7.55. The van der Waals surface area contributed by atoms with Gasteiger partial charge in [-0.25, -0.2) is 0 Å². The molecule has 4 aromatic carbocycles. The average molecular weight is 587 g/mol. The summed E-state index contributed by atoms with van der Waals surface area (Å²) in [6.07, 6.45) is -11.9. The highest BCUT2D eigenvalue weighted by Crippen LogP contribution is 2.60. The fourth-order valence-electron chi connectivity index (χ4n) is 4.08. The van der Waals surface area contributed by atoms with Crippen molar-refractivity contribution in [3.63, 3.8) is 0 Å². The SMILES string of the molecule is Nc1ccc(Oc2ccccc2C(c2ccccc2Oc2ccc(N)cc2Cl)(C(F)(F)F)C(F)(F)F)c(Cl)c1. The molecule has 0 aliphatic carbocycles. The Morgan fingerprint density at radius 1 is 0.513 bits per heavy atom. The summed E-state index contributed by atoms with van der Waals surface area (Å²) in [5.74, 6) is -1.87. The molecule has 0 fully saturated rings. The highest BCUT2D eigenvalue weighted by atomic mass is 35.5. The number of nitrogen functional groups attached to an aromatic ring is 2. The molecule has 0 amide bonds. The summed E-state index contributed by atoms with van der Waals surface area (Å²) in [6.45, 7) is 0. The lowest BCUT2D eigenvalue weighted by molar-refractivity contribution is -0.289. The fourth-order valence-corrected chi connectivity index (χ4v) is 4.54. The van der Waals surface area contributed by atoms with Crippen molar-refractivity contribution in [3.8, 4) is 23.0 Å². The van der Waals surface area contributed by atoms with Gasteiger partial charge in [-0.2, -0.15) is 26.3 Å². The summed E-state index contributed by atoms with van der Waals surface area (Å²) in [7, 11) is 0. The molecule has 4 rings (SSSR count). The monoisotopic (exact) mass is 586 g/mol. The van der Waals surface area contributed by atoms with Crippen LogP contribution in [-0.4, -0.2) is 12.4 Å². The van der Waals surface area contributed by atoms with Gasteiger partial charge in [0.05, 0.1) is 10.0 Å². The van der Waals surface area contributed by atoms with Gasteiger partial charge >= 0.3 is 12.4 Å². The summed E-state index contributed by atoms with van der Waals surface area (Å²) in [5.41, 5.74) is 4.63. The molecule has 0 unspecified atom stereocenters. The summed E-state index contributed by atoms with van der Waals surface area (Å²) in [5, 5.41) is -0.229. The van der Waals surface area contributed by atoms with Gasteiger partial charge in [-0.3, -0.25) is 0 Å². The predicted molar refractivity (Wildman–Crippen MR) is 138 cm³/mol. The first-order valence-corrected chi connectivity index (χ1v) is 11.8. The number of hydrogen-bond donors (Lipinski definition) is 2. The normalized spacial score (nSPS) is 12.3. The number of nitrogens with two attached hydrogens (primary N) is 2. The van der Waals surface area contributed by atoms with E-state index in [1.807, 2.05) is 0 Å². The van der Waals surface area contributed by atoms with Crippen molar-refractivity contribution in [1.82, 2.24) is 0 Å². The van der Waals surface area contributed by atoms with Crippen molar-refractivity contribution in [3.05, 3.63) is 106 Å². The van der Waals surface area contributed by atoms with Crippen LogP contribution in [0.1, 0.15) is 11.1 Å². The zero-order valence-corrected chi connectivity index (χ0v) is 21.1. The lowest BCUT2D eigenvalue weighted by atomic mass is 9.72. The van der Waals surface area contributed by atoms with Crippen LogP contribution in [0.5, 0.6) is 23.0 Å². The minimum Gasteiger partial charge on any atom is -0.455 e. The maximum Gasteiger partial charge on any atom is 0.411 e. The van der Waals surface area contributed by atoms with Crippen molar-refractivity contribution < 1.29 is 35.8 Å². The fraction of sp³-hybridized carbons (Fsp3) is 0.111. The topological polar surface area (TPSA) is 70.5 Å². The average Bonchev–Trinajstić information content (AvgIpc) is 2.83. The number of halogens is 8. The van der Waals surface area contributed by atoms with E-state index in [1.165, 1.54) is 48.5 Å². The first kappa shape index (κ1) is 28.3. The van der Waals surface area contributed by atoms with Crippen molar-refractivity contribution >= 4 is 34.6 Å². The third-order valence-electron chi connectivity index (χ3n) is 5.78. The second-order valence-electron chi connectivity index (χ2n) is 8.32. The zero-order chi connectivity index (χ0) is 28.6. The standard InChI is InChI=1S/C27H18Cl2F6N2O2/c28-19-13-15(36)9-11-23(19)38-21-7-3-1-5-17(21)25(26(30,31)32,27(33,34)35)18-6-2-4-8-22(18)39-24-12-10-16(37)14-20(24)29/h1-14H,36-37H2. The Hall–Kier alpha value is -3.76. The molecule has 0 heterocycles. The second-order valence-corrected chi connectivity index (χ2v) is 9.14. The zero-order valence-electron chi connectivity index (χ0n) is 19.6. The molecule has 39 heavy (non-hydrogen) atoms. The molecule has 0 spiro atoms. The molecule has 0 aliphatic heterocycles. The van der Waals surface area contributed by atoms with Crippen molar-refractivity contribution in [2.75, 3.05) is 11.5 Å². The molecule has 0 atom stereocenters. The van der Waals surface area contributed by atoms with Crippen LogP contribution in [0.15, 0.2) is 84.9 Å². The lowest BCUT2D eigenvalue weighted by Gasteiger charge is -2.39. The summed E-state index contributed by atoms with van der Waals surface area (Å²) in [4.78, 5) is 0. The Morgan fingerprint density at radius 3 is 1.21 bits per heavy atom. The summed E-state index contributed by atoms with van der Waals surface area (Å²) < 4.78 is 101. The predicted octanol–water partition coefficient (Wildman–Crippen LogP) is 9.15. The largest absolute Gasteiger partial charge is 0.455 e. The van der Waals surface area contributed by atoms with Gasteiger partial charge < -0.3 is 20.9 Å². The molecule has 12 heteroatoms. The molecule has 0 saturated heterocycles. The van der Waals surface area contributed by atoms with Crippen LogP contribution in [-0.2, 0) is 5.41 Å². The molecule has 4 N–H and O–H groups in total. The van der Waals surface area contributed by atoms with E-state index in [0.717, 1.165) is 24.3 Å². The van der Waals surface area contributed by atoms with E-state index in [0.29, 0.717) is 12.1 Å². The van der Waals surface area contributed by atoms with Crippen LogP contribution < -0.4 is 20.9 Å². The van der Waals surface area contributed by atoms with E-state index in [4.69, 9.17) is 44.1 Å². The van der Waals surface area contributed by atoms with Gasteiger partial charge in [-0.05, 0) is 48.5 Å². The van der Waals surface area contributed by atoms with Gasteiger partial charge in [0.1, 0.15) is 23.0 Å². The smallest absolute Gasteiger partial charge is 0.411 e. The number of ether oxygens (including phenoxy) is 2. The van der Waals surface area contributed by atoms with Gasteiger partial charge in [-0.1, -0.05) is 59.6 Å². The highest BCUT2D eigenvalue weighted by Gasteiger charge is 2.74. The van der Waals surface area contributed by atoms with Gasteiger partial charge in [0.15, 0.2) is 0 Å². The molecule has 204 valence electrons. The molecule has 0 bridgehead atoms. The first-order valence-electron chi connectivity index (χ1n) is 11.0. The van der Waals surface area contributed by atoms with E-state index in [2.05, 4.69) is 0 Å². The molecule has 0 saturated carbocycles. The van der Waals surface area contributed by atoms with E-state index in [9.17, 15) is 0 Å². The van der Waals surface area contributed by atoms with Crippen LogP contribution >= 0.6 is 23.2 Å². The van der Waals surface area contributed by atoms with Crippen molar-refractivity contribution in [2.24, 2.45) is 0 Å². The van der Waals surface area contributed by atoms with Crippen molar-refractivity contribution in [1.29, 1.82) is 0 Å². The Bertz CT molecular complexity index is 1400. The molecular formula is C27H18Cl2F6N2O2. The third-order valence-corrected chi connectivity index (χ3v) is 6.37. The Labute approximate surface area is 228 Å². The van der Waals surface area contributed by atoms with Gasteiger partial charge in [0, 0.05) is 22.5 Å². The Morgan fingerprint density at radius 2 is 0.872 bits per heavy atom. The molecule has 0 aliphatic rings. The van der Waals surface area contributed by atoms with E-state index < -0.39 is 40.4 Å². The van der Waals surface area contributed by atoms with E-state index in [1.54, 1.807) is 0 Å². The van der Waals surface area contributed by atoms with E-state index >= 15 is 26.3 Å².